The predicted octanol–water partition coefficient (Wildman–Crippen LogP) is 2.79. The molecule has 6 heteroatoms. The van der Waals surface area contributed by atoms with Crippen molar-refractivity contribution in [3.8, 4) is 0 Å². The van der Waals surface area contributed by atoms with E-state index in [9.17, 15) is 13.2 Å². The number of hydrogen-bond acceptors (Lipinski definition) is 3. The number of alkyl halides is 3. The Labute approximate surface area is 84.7 Å². The highest BCUT2D eigenvalue weighted by Crippen LogP contribution is 2.58. The zero-order valence-electron chi connectivity index (χ0n) is 8.43. The Morgan fingerprint density at radius 2 is 1.93 bits per heavy atom. The largest absolute Gasteiger partial charge is 0.403 e. The maximum Gasteiger partial charge on any atom is 0.403 e. The van der Waals surface area contributed by atoms with Crippen LogP contribution in [0.25, 0.3) is 0 Å². The molecule has 0 N–H and O–H groups in total. The third-order valence-corrected chi connectivity index (χ3v) is 2.66. The maximum absolute atomic E-state index is 12.7. The number of hydrogen-bond donors (Lipinski definition) is 0. The molecule has 0 spiro atoms. The molecular weight excluding hydrogens is 209 g/mol. The normalized spacial score (nSPS) is 19.6. The quantitative estimate of drug-likeness (QED) is 0.769. The minimum absolute atomic E-state index is 0.0217. The molecule has 0 aliphatic heterocycles. The molecule has 1 heterocycles. The molecule has 1 saturated carbocycles. The van der Waals surface area contributed by atoms with Gasteiger partial charge in [0.05, 0.1) is 0 Å². The lowest BCUT2D eigenvalue weighted by molar-refractivity contribution is -0.166. The standard InChI is InChI=1S/C9H11F3N2O/c1-5(2)6-13-7(15-14-6)8(3-4-8)9(10,11)12/h5H,3-4H2,1-2H3. The monoisotopic (exact) mass is 220 g/mol. The Balaban J connectivity index is 2.31. The van der Waals surface area contributed by atoms with Crippen molar-refractivity contribution >= 4 is 0 Å². The SMILES string of the molecule is CC(C)c1noc(C2(C(F)(F)F)CC2)n1. The summed E-state index contributed by atoms with van der Waals surface area (Å²) in [4.78, 5) is 3.81. The lowest BCUT2D eigenvalue weighted by atomic mass is 10.1. The summed E-state index contributed by atoms with van der Waals surface area (Å²) in [7, 11) is 0. The molecule has 1 aromatic heterocycles. The van der Waals surface area contributed by atoms with Gasteiger partial charge in [-0.05, 0) is 12.8 Å². The first-order valence-electron chi connectivity index (χ1n) is 4.77. The molecule has 0 saturated heterocycles. The van der Waals surface area contributed by atoms with Gasteiger partial charge >= 0.3 is 6.18 Å². The van der Waals surface area contributed by atoms with E-state index in [0.717, 1.165) is 0 Å². The van der Waals surface area contributed by atoms with Gasteiger partial charge in [0.25, 0.3) is 0 Å². The highest BCUT2D eigenvalue weighted by Gasteiger charge is 2.68. The molecular formula is C9H11F3N2O. The van der Waals surface area contributed by atoms with Gasteiger partial charge in [0.2, 0.25) is 5.89 Å². The first kappa shape index (κ1) is 10.4. The minimum atomic E-state index is -4.28. The summed E-state index contributed by atoms with van der Waals surface area (Å²) in [6, 6.07) is 0. The van der Waals surface area contributed by atoms with E-state index in [2.05, 4.69) is 10.1 Å². The second-order valence-electron chi connectivity index (χ2n) is 4.19. The molecule has 1 aliphatic rings. The number of aromatic nitrogens is 2. The van der Waals surface area contributed by atoms with Gasteiger partial charge < -0.3 is 4.52 Å². The van der Waals surface area contributed by atoms with Crippen molar-refractivity contribution in [2.45, 2.75) is 44.2 Å². The maximum atomic E-state index is 12.7. The van der Waals surface area contributed by atoms with Gasteiger partial charge in [-0.15, -0.1) is 0 Å². The second-order valence-corrected chi connectivity index (χ2v) is 4.19. The highest BCUT2D eigenvalue weighted by molar-refractivity contribution is 5.20. The van der Waals surface area contributed by atoms with E-state index in [-0.39, 0.29) is 24.7 Å². The molecule has 0 amide bonds. The van der Waals surface area contributed by atoms with Crippen molar-refractivity contribution in [1.82, 2.24) is 10.1 Å². The smallest absolute Gasteiger partial charge is 0.338 e. The van der Waals surface area contributed by atoms with Gasteiger partial charge in [0, 0.05) is 5.92 Å². The van der Waals surface area contributed by atoms with Crippen LogP contribution in [0.5, 0.6) is 0 Å². The molecule has 0 aromatic carbocycles. The Morgan fingerprint density at radius 3 is 2.27 bits per heavy atom. The van der Waals surface area contributed by atoms with Crippen molar-refractivity contribution in [3.05, 3.63) is 11.7 Å². The average molecular weight is 220 g/mol. The molecule has 15 heavy (non-hydrogen) atoms. The van der Waals surface area contributed by atoms with Crippen molar-refractivity contribution in [3.63, 3.8) is 0 Å². The van der Waals surface area contributed by atoms with Gasteiger partial charge in [0.15, 0.2) is 5.82 Å². The van der Waals surface area contributed by atoms with Gasteiger partial charge in [-0.2, -0.15) is 18.2 Å². The van der Waals surface area contributed by atoms with Crippen LogP contribution in [0, 0.1) is 0 Å². The van der Waals surface area contributed by atoms with Crippen LogP contribution < -0.4 is 0 Å². The van der Waals surface area contributed by atoms with Gasteiger partial charge in [0.1, 0.15) is 5.41 Å². The third kappa shape index (κ3) is 1.52. The fourth-order valence-corrected chi connectivity index (χ4v) is 1.41. The molecule has 0 atom stereocenters. The fraction of sp³-hybridized carbons (Fsp3) is 0.778. The predicted molar refractivity (Wildman–Crippen MR) is 45.4 cm³/mol. The third-order valence-electron chi connectivity index (χ3n) is 2.66. The molecule has 1 aliphatic carbocycles. The van der Waals surface area contributed by atoms with E-state index >= 15 is 0 Å². The highest BCUT2D eigenvalue weighted by atomic mass is 19.4. The Kier molecular flexibility index (Phi) is 2.06. The summed E-state index contributed by atoms with van der Waals surface area (Å²) >= 11 is 0. The summed E-state index contributed by atoms with van der Waals surface area (Å²) in [5, 5.41) is 3.55. The molecule has 1 aromatic rings. The summed E-state index contributed by atoms with van der Waals surface area (Å²) in [5.41, 5.74) is -1.85. The van der Waals surface area contributed by atoms with E-state index in [0.29, 0.717) is 5.82 Å². The van der Waals surface area contributed by atoms with Crippen LogP contribution in [-0.4, -0.2) is 16.3 Å². The number of nitrogens with zero attached hydrogens (tertiary/aromatic N) is 2. The van der Waals surface area contributed by atoms with E-state index in [4.69, 9.17) is 4.52 Å². The van der Waals surface area contributed by atoms with E-state index in [1.165, 1.54) is 0 Å². The van der Waals surface area contributed by atoms with Crippen LogP contribution in [0.4, 0.5) is 13.2 Å². The Hall–Kier alpha value is -1.07. The van der Waals surface area contributed by atoms with Crippen LogP contribution >= 0.6 is 0 Å². The molecule has 2 rings (SSSR count). The van der Waals surface area contributed by atoms with Crippen molar-refractivity contribution < 1.29 is 17.7 Å². The van der Waals surface area contributed by atoms with Crippen LogP contribution in [0.2, 0.25) is 0 Å². The van der Waals surface area contributed by atoms with Crippen LogP contribution in [0.1, 0.15) is 44.3 Å². The van der Waals surface area contributed by atoms with Crippen LogP contribution in [0.3, 0.4) is 0 Å². The molecule has 0 unspecified atom stereocenters. The topological polar surface area (TPSA) is 38.9 Å². The molecule has 0 bridgehead atoms. The van der Waals surface area contributed by atoms with Gasteiger partial charge in [-0.25, -0.2) is 0 Å². The van der Waals surface area contributed by atoms with Gasteiger partial charge in [-0.1, -0.05) is 19.0 Å². The van der Waals surface area contributed by atoms with E-state index in [1.807, 2.05) is 13.8 Å². The second kappa shape index (κ2) is 2.96. The average Bonchev–Trinajstić information content (AvgIpc) is 2.77. The molecule has 0 radical (unpaired) electrons. The van der Waals surface area contributed by atoms with Crippen LogP contribution in [0.15, 0.2) is 4.52 Å². The molecule has 84 valence electrons. The molecule has 3 nitrogen and oxygen atoms in total. The lowest BCUT2D eigenvalue weighted by Gasteiger charge is -2.13. The van der Waals surface area contributed by atoms with E-state index in [1.54, 1.807) is 0 Å². The zero-order chi connectivity index (χ0) is 11.3. The summed E-state index contributed by atoms with van der Waals surface area (Å²) in [6.07, 6.45) is -4.18. The van der Waals surface area contributed by atoms with Crippen molar-refractivity contribution in [2.24, 2.45) is 0 Å². The van der Waals surface area contributed by atoms with Crippen molar-refractivity contribution in [1.29, 1.82) is 0 Å². The zero-order valence-corrected chi connectivity index (χ0v) is 8.43. The first-order chi connectivity index (χ1) is 6.87. The first-order valence-corrected chi connectivity index (χ1v) is 4.77. The summed E-state index contributed by atoms with van der Waals surface area (Å²) < 4.78 is 42.7. The number of halogens is 3. The number of rotatable bonds is 2. The Bertz CT molecular complexity index is 366. The Morgan fingerprint density at radius 1 is 1.33 bits per heavy atom. The van der Waals surface area contributed by atoms with Crippen LogP contribution in [-0.2, 0) is 5.41 Å². The lowest BCUT2D eigenvalue weighted by Crippen LogP contribution is -2.29. The minimum Gasteiger partial charge on any atom is -0.338 e. The fourth-order valence-electron chi connectivity index (χ4n) is 1.41. The summed E-state index contributed by atoms with van der Waals surface area (Å²) in [6.45, 7) is 3.61. The molecule has 1 fully saturated rings. The van der Waals surface area contributed by atoms with Crippen molar-refractivity contribution in [2.75, 3.05) is 0 Å². The van der Waals surface area contributed by atoms with Gasteiger partial charge in [-0.3, -0.25) is 0 Å². The summed E-state index contributed by atoms with van der Waals surface area (Å²) in [5.74, 6) is 0.0331. The van der Waals surface area contributed by atoms with E-state index < -0.39 is 11.6 Å².